The van der Waals surface area contributed by atoms with Crippen LogP contribution in [-0.2, 0) is 0 Å². The third kappa shape index (κ3) is 2.84. The van der Waals surface area contributed by atoms with Gasteiger partial charge in [-0.3, -0.25) is 4.79 Å². The lowest BCUT2D eigenvalue weighted by Gasteiger charge is -2.13. The van der Waals surface area contributed by atoms with Gasteiger partial charge in [0.05, 0.1) is 33.4 Å². The van der Waals surface area contributed by atoms with Gasteiger partial charge in [-0.1, -0.05) is 5.16 Å². The highest BCUT2D eigenvalue weighted by molar-refractivity contribution is 7.11. The number of nitrogens with zero attached hydrogens (tertiary/aromatic N) is 3. The van der Waals surface area contributed by atoms with Crippen molar-refractivity contribution in [3.63, 3.8) is 0 Å². The van der Waals surface area contributed by atoms with Gasteiger partial charge in [0.25, 0.3) is 11.6 Å². The van der Waals surface area contributed by atoms with Crippen LogP contribution in [0.25, 0.3) is 11.1 Å². The number of rotatable bonds is 3. The lowest BCUT2D eigenvalue weighted by molar-refractivity contribution is 0.0942. The molecule has 7 heteroatoms. The fraction of sp³-hybridized carbons (Fsp3) is 0.375. The summed E-state index contributed by atoms with van der Waals surface area (Å²) in [5.41, 5.74) is 3.27. The van der Waals surface area contributed by atoms with Gasteiger partial charge in [-0.05, 0) is 40.7 Å². The van der Waals surface area contributed by atoms with E-state index in [1.807, 2.05) is 27.7 Å². The molecule has 0 radical (unpaired) electrons. The van der Waals surface area contributed by atoms with E-state index in [-0.39, 0.29) is 11.9 Å². The normalized spacial score (nSPS) is 12.6. The summed E-state index contributed by atoms with van der Waals surface area (Å²) in [7, 11) is 0. The minimum atomic E-state index is -0.162. The SMILES string of the molecule is Cc1cc(C(=O)N[C@H](C)c2sc(C)nc2C)c2c(C)noc2n1. The number of fused-ring (bicyclic) bond motifs is 1. The van der Waals surface area contributed by atoms with Crippen LogP contribution in [0.4, 0.5) is 0 Å². The Balaban J connectivity index is 1.95. The van der Waals surface area contributed by atoms with Gasteiger partial charge < -0.3 is 9.84 Å². The monoisotopic (exact) mass is 330 g/mol. The first-order valence-electron chi connectivity index (χ1n) is 7.35. The largest absolute Gasteiger partial charge is 0.345 e. The van der Waals surface area contributed by atoms with E-state index in [4.69, 9.17) is 4.52 Å². The van der Waals surface area contributed by atoms with Gasteiger partial charge in [0.15, 0.2) is 0 Å². The molecule has 0 aromatic carbocycles. The van der Waals surface area contributed by atoms with E-state index in [1.54, 1.807) is 24.3 Å². The lowest BCUT2D eigenvalue weighted by atomic mass is 10.1. The van der Waals surface area contributed by atoms with Crippen molar-refractivity contribution < 1.29 is 9.32 Å². The average molecular weight is 330 g/mol. The second-order valence-corrected chi connectivity index (χ2v) is 6.87. The predicted octanol–water partition coefficient (Wildman–Crippen LogP) is 3.40. The van der Waals surface area contributed by atoms with Crippen LogP contribution in [0.3, 0.4) is 0 Å². The first-order chi connectivity index (χ1) is 10.9. The molecule has 0 fully saturated rings. The van der Waals surface area contributed by atoms with Crippen molar-refractivity contribution in [2.24, 2.45) is 0 Å². The van der Waals surface area contributed by atoms with E-state index < -0.39 is 0 Å². The van der Waals surface area contributed by atoms with E-state index in [0.717, 1.165) is 21.3 Å². The topological polar surface area (TPSA) is 80.9 Å². The maximum absolute atomic E-state index is 12.7. The summed E-state index contributed by atoms with van der Waals surface area (Å²) < 4.78 is 5.18. The van der Waals surface area contributed by atoms with E-state index in [2.05, 4.69) is 20.4 Å². The van der Waals surface area contributed by atoms with Gasteiger partial charge in [-0.2, -0.15) is 0 Å². The Morgan fingerprint density at radius 2 is 1.96 bits per heavy atom. The first-order valence-corrected chi connectivity index (χ1v) is 8.17. The van der Waals surface area contributed by atoms with Gasteiger partial charge >= 0.3 is 0 Å². The molecule has 0 bridgehead atoms. The van der Waals surface area contributed by atoms with Crippen molar-refractivity contribution in [2.75, 3.05) is 0 Å². The Bertz CT molecular complexity index is 897. The first kappa shape index (κ1) is 15.6. The quantitative estimate of drug-likeness (QED) is 0.796. The van der Waals surface area contributed by atoms with Crippen molar-refractivity contribution in [3.05, 3.63) is 38.6 Å². The van der Waals surface area contributed by atoms with Gasteiger partial charge in [0.1, 0.15) is 0 Å². The van der Waals surface area contributed by atoms with E-state index in [0.29, 0.717) is 22.4 Å². The van der Waals surface area contributed by atoms with Crippen molar-refractivity contribution in [1.82, 2.24) is 20.4 Å². The fourth-order valence-corrected chi connectivity index (χ4v) is 3.62. The number of thiazole rings is 1. The van der Waals surface area contributed by atoms with Crippen LogP contribution in [0, 0.1) is 27.7 Å². The van der Waals surface area contributed by atoms with Crippen LogP contribution in [0.5, 0.6) is 0 Å². The average Bonchev–Trinajstić information content (AvgIpc) is 3.00. The van der Waals surface area contributed by atoms with Crippen LogP contribution >= 0.6 is 11.3 Å². The van der Waals surface area contributed by atoms with Crippen LogP contribution in [-0.4, -0.2) is 21.0 Å². The highest BCUT2D eigenvalue weighted by atomic mass is 32.1. The molecular weight excluding hydrogens is 312 g/mol. The van der Waals surface area contributed by atoms with Crippen molar-refractivity contribution in [1.29, 1.82) is 0 Å². The summed E-state index contributed by atoms with van der Waals surface area (Å²) in [6, 6.07) is 1.65. The number of aryl methyl sites for hydroxylation is 4. The summed E-state index contributed by atoms with van der Waals surface area (Å²) in [5.74, 6) is -0.162. The van der Waals surface area contributed by atoms with Gasteiger partial charge in [0.2, 0.25) is 0 Å². The Labute approximate surface area is 137 Å². The molecule has 1 N–H and O–H groups in total. The molecule has 0 aliphatic rings. The molecule has 6 nitrogen and oxygen atoms in total. The van der Waals surface area contributed by atoms with Gasteiger partial charge in [-0.15, -0.1) is 11.3 Å². The molecule has 120 valence electrons. The van der Waals surface area contributed by atoms with Gasteiger partial charge in [0, 0.05) is 10.6 Å². The number of hydrogen-bond donors (Lipinski definition) is 1. The molecule has 3 heterocycles. The van der Waals surface area contributed by atoms with E-state index >= 15 is 0 Å². The summed E-state index contributed by atoms with van der Waals surface area (Å²) in [5, 5.41) is 8.61. The molecule has 1 amide bonds. The maximum Gasteiger partial charge on any atom is 0.258 e. The zero-order valence-corrected chi connectivity index (χ0v) is 14.5. The summed E-state index contributed by atoms with van der Waals surface area (Å²) in [6.07, 6.45) is 0. The Morgan fingerprint density at radius 1 is 1.22 bits per heavy atom. The maximum atomic E-state index is 12.7. The highest BCUT2D eigenvalue weighted by Gasteiger charge is 2.21. The highest BCUT2D eigenvalue weighted by Crippen LogP contribution is 2.26. The van der Waals surface area contributed by atoms with E-state index in [9.17, 15) is 4.79 Å². The molecule has 23 heavy (non-hydrogen) atoms. The molecule has 0 spiro atoms. The molecular formula is C16H18N4O2S. The minimum absolute atomic E-state index is 0.114. The smallest absolute Gasteiger partial charge is 0.258 e. The Kier molecular flexibility index (Phi) is 3.89. The van der Waals surface area contributed by atoms with Crippen LogP contribution in [0.15, 0.2) is 10.6 Å². The van der Waals surface area contributed by atoms with Crippen LogP contribution < -0.4 is 5.32 Å². The molecule has 3 aromatic rings. The third-order valence-electron chi connectivity index (χ3n) is 3.67. The molecule has 0 aliphatic heterocycles. The molecule has 3 rings (SSSR count). The van der Waals surface area contributed by atoms with Crippen LogP contribution in [0.1, 0.15) is 50.3 Å². The molecule has 0 aliphatic carbocycles. The predicted molar refractivity (Wildman–Crippen MR) is 88.7 cm³/mol. The minimum Gasteiger partial charge on any atom is -0.345 e. The number of aromatic nitrogens is 3. The van der Waals surface area contributed by atoms with Crippen LogP contribution in [0.2, 0.25) is 0 Å². The zero-order chi connectivity index (χ0) is 16.7. The standard InChI is InChI=1S/C16H18N4O2S/c1-7-6-12(13-8(2)20-22-16(13)17-7)15(21)19-10(4)14-9(3)18-11(5)23-14/h6,10H,1-5H3,(H,19,21)/t10-/m1/s1. The number of carbonyl (C=O) groups excluding carboxylic acids is 1. The molecule has 0 unspecified atom stereocenters. The third-order valence-corrected chi connectivity index (χ3v) is 4.93. The summed E-state index contributed by atoms with van der Waals surface area (Å²) in [6.45, 7) is 9.52. The zero-order valence-electron chi connectivity index (χ0n) is 13.7. The van der Waals surface area contributed by atoms with E-state index in [1.165, 1.54) is 0 Å². The van der Waals surface area contributed by atoms with Crippen molar-refractivity contribution in [2.45, 2.75) is 40.7 Å². The molecule has 0 saturated heterocycles. The Hall–Kier alpha value is -2.28. The van der Waals surface area contributed by atoms with Crippen molar-refractivity contribution >= 4 is 28.3 Å². The van der Waals surface area contributed by atoms with Gasteiger partial charge in [-0.25, -0.2) is 9.97 Å². The second kappa shape index (κ2) is 5.73. The summed E-state index contributed by atoms with van der Waals surface area (Å²) >= 11 is 1.60. The fourth-order valence-electron chi connectivity index (χ4n) is 2.69. The molecule has 0 saturated carbocycles. The van der Waals surface area contributed by atoms with Crippen molar-refractivity contribution in [3.8, 4) is 0 Å². The lowest BCUT2D eigenvalue weighted by Crippen LogP contribution is -2.27. The summed E-state index contributed by atoms with van der Waals surface area (Å²) in [4.78, 5) is 22.5. The Morgan fingerprint density at radius 3 is 2.61 bits per heavy atom. The molecule has 1 atom stereocenters. The second-order valence-electron chi connectivity index (χ2n) is 5.64. The number of amides is 1. The molecule has 3 aromatic heterocycles. The number of hydrogen-bond acceptors (Lipinski definition) is 6. The number of carbonyl (C=O) groups is 1. The number of nitrogens with one attached hydrogen (secondary N) is 1. The number of pyridine rings is 1.